The minimum Gasteiger partial charge on any atom is -0.388 e. The number of aromatic amines is 2. The molecule has 2 amide bonds. The molecule has 2 aromatic carbocycles. The van der Waals surface area contributed by atoms with Crippen molar-refractivity contribution in [3.63, 3.8) is 0 Å². The summed E-state index contributed by atoms with van der Waals surface area (Å²) in [7, 11) is 0. The van der Waals surface area contributed by atoms with Gasteiger partial charge in [-0.3, -0.25) is 0 Å². The molecule has 1 saturated heterocycles. The molecule has 0 spiro atoms. The van der Waals surface area contributed by atoms with Gasteiger partial charge in [0.1, 0.15) is 12.2 Å². The molecule has 0 saturated carbocycles. The van der Waals surface area contributed by atoms with E-state index in [0.717, 1.165) is 11.1 Å². The van der Waals surface area contributed by atoms with Gasteiger partial charge in [0.05, 0.1) is 12.1 Å². The Morgan fingerprint density at radius 1 is 0.708 bits per heavy atom. The van der Waals surface area contributed by atoms with Crippen LogP contribution in [-0.2, 0) is 12.8 Å². The molecule has 5 rings (SSSR count). The molecular formula is C33H42N10O3S2. The van der Waals surface area contributed by atoms with Crippen LogP contribution in [0.2, 0.25) is 0 Å². The first-order valence-electron chi connectivity index (χ1n) is 15.7. The second-order valence-corrected chi connectivity index (χ2v) is 12.7. The topological polar surface area (TPSA) is 171 Å². The number of thioether (sulfide) groups is 2. The SMILES string of the molecule is CSc1n[nH]c(NC/C=C/CN2C(=O)N(C/C=C/CNc3nc(SC)n[nH]3)[C@H](Cc3ccccc3)[C@H](O)[C@@H](O)[C@H]2Cc2ccccc2)n1. The highest BCUT2D eigenvalue weighted by Crippen LogP contribution is 2.27. The molecule has 3 heterocycles. The van der Waals surface area contributed by atoms with E-state index >= 15 is 0 Å². The molecule has 48 heavy (non-hydrogen) atoms. The van der Waals surface area contributed by atoms with Gasteiger partial charge in [-0.1, -0.05) is 108 Å². The van der Waals surface area contributed by atoms with E-state index in [-0.39, 0.29) is 19.1 Å². The van der Waals surface area contributed by atoms with Crippen LogP contribution >= 0.6 is 23.5 Å². The van der Waals surface area contributed by atoms with Crippen molar-refractivity contribution < 1.29 is 15.0 Å². The van der Waals surface area contributed by atoms with E-state index < -0.39 is 24.3 Å². The fraction of sp³-hybridized carbons (Fsp3) is 0.364. The summed E-state index contributed by atoms with van der Waals surface area (Å²) in [5.74, 6) is 1.11. The Morgan fingerprint density at radius 2 is 1.12 bits per heavy atom. The minimum atomic E-state index is -1.19. The van der Waals surface area contributed by atoms with E-state index in [1.807, 2.05) is 97.5 Å². The van der Waals surface area contributed by atoms with Crippen molar-refractivity contribution in [2.24, 2.45) is 0 Å². The molecule has 1 aliphatic rings. The number of rotatable bonds is 16. The number of aliphatic hydroxyl groups excluding tert-OH is 2. The lowest BCUT2D eigenvalue weighted by molar-refractivity contribution is -0.0377. The van der Waals surface area contributed by atoms with E-state index in [9.17, 15) is 15.0 Å². The van der Waals surface area contributed by atoms with Crippen LogP contribution in [0.15, 0.2) is 95.3 Å². The molecule has 0 bridgehead atoms. The van der Waals surface area contributed by atoms with Crippen molar-refractivity contribution >= 4 is 41.5 Å². The van der Waals surface area contributed by atoms with Gasteiger partial charge in [-0.15, -0.1) is 10.2 Å². The first-order valence-corrected chi connectivity index (χ1v) is 18.1. The number of nitrogens with zero attached hydrogens (tertiary/aromatic N) is 6. The zero-order valence-electron chi connectivity index (χ0n) is 26.9. The lowest BCUT2D eigenvalue weighted by atomic mass is 9.91. The summed E-state index contributed by atoms with van der Waals surface area (Å²) in [6.45, 7) is 1.38. The first kappa shape index (κ1) is 35.0. The predicted molar refractivity (Wildman–Crippen MR) is 190 cm³/mol. The number of urea groups is 1. The Balaban J connectivity index is 1.38. The quantitative estimate of drug-likeness (QED) is 0.0749. The van der Waals surface area contributed by atoms with Crippen molar-refractivity contribution in [3.8, 4) is 0 Å². The van der Waals surface area contributed by atoms with Crippen molar-refractivity contribution in [3.05, 3.63) is 96.1 Å². The van der Waals surface area contributed by atoms with Gasteiger partial charge in [0, 0.05) is 26.2 Å². The molecule has 15 heteroatoms. The molecule has 0 aliphatic carbocycles. The zero-order valence-corrected chi connectivity index (χ0v) is 28.6. The number of hydrogen-bond donors (Lipinski definition) is 6. The van der Waals surface area contributed by atoms with Gasteiger partial charge >= 0.3 is 6.03 Å². The summed E-state index contributed by atoms with van der Waals surface area (Å²) in [4.78, 5) is 26.6. The maximum atomic E-state index is 14.6. The van der Waals surface area contributed by atoms with Crippen LogP contribution in [0.3, 0.4) is 0 Å². The number of nitrogens with one attached hydrogen (secondary N) is 4. The third-order valence-corrected chi connectivity index (χ3v) is 9.11. The number of anilines is 2. The van der Waals surface area contributed by atoms with Crippen LogP contribution in [0.25, 0.3) is 0 Å². The number of hydrogen-bond acceptors (Lipinski definition) is 11. The van der Waals surface area contributed by atoms with Crippen LogP contribution in [0.5, 0.6) is 0 Å². The molecular weight excluding hydrogens is 649 g/mol. The Bertz CT molecular complexity index is 1500. The van der Waals surface area contributed by atoms with Gasteiger partial charge in [0.15, 0.2) is 0 Å². The highest BCUT2D eigenvalue weighted by atomic mass is 32.2. The third-order valence-electron chi connectivity index (χ3n) is 8.01. The van der Waals surface area contributed by atoms with Gasteiger partial charge in [-0.2, -0.15) is 9.97 Å². The summed E-state index contributed by atoms with van der Waals surface area (Å²) >= 11 is 2.89. The molecule has 254 valence electrons. The normalized spacial score (nSPS) is 20.1. The second-order valence-electron chi connectivity index (χ2n) is 11.1. The van der Waals surface area contributed by atoms with Crippen LogP contribution in [0.1, 0.15) is 11.1 Å². The summed E-state index contributed by atoms with van der Waals surface area (Å²) in [5, 5.41) is 45.1. The molecule has 1 fully saturated rings. The molecule has 6 N–H and O–H groups in total. The van der Waals surface area contributed by atoms with Crippen molar-refractivity contribution in [1.82, 2.24) is 40.2 Å². The van der Waals surface area contributed by atoms with Crippen molar-refractivity contribution in [1.29, 1.82) is 0 Å². The fourth-order valence-corrected chi connectivity index (χ4v) is 6.20. The lowest BCUT2D eigenvalue weighted by Crippen LogP contribution is -2.51. The van der Waals surface area contributed by atoms with Gasteiger partial charge in [-0.25, -0.2) is 15.0 Å². The van der Waals surface area contributed by atoms with Gasteiger partial charge in [0.25, 0.3) is 0 Å². The summed E-state index contributed by atoms with van der Waals surface area (Å²) < 4.78 is 0. The minimum absolute atomic E-state index is 0.233. The van der Waals surface area contributed by atoms with Crippen LogP contribution in [0, 0.1) is 0 Å². The zero-order chi connectivity index (χ0) is 33.7. The van der Waals surface area contributed by atoms with Crippen LogP contribution in [0.4, 0.5) is 16.7 Å². The summed E-state index contributed by atoms with van der Waals surface area (Å²) in [6, 6.07) is 17.9. The Labute approximate surface area is 288 Å². The molecule has 1 aliphatic heterocycles. The van der Waals surface area contributed by atoms with E-state index in [1.165, 1.54) is 23.5 Å². The van der Waals surface area contributed by atoms with Gasteiger partial charge < -0.3 is 30.6 Å². The largest absolute Gasteiger partial charge is 0.388 e. The van der Waals surface area contributed by atoms with Crippen LogP contribution in [-0.4, -0.2) is 119 Å². The number of amides is 2. The predicted octanol–water partition coefficient (Wildman–Crippen LogP) is 3.69. The van der Waals surface area contributed by atoms with Gasteiger partial charge in [-0.05, 0) is 36.5 Å². The van der Waals surface area contributed by atoms with E-state index in [0.29, 0.717) is 48.1 Å². The molecule has 0 unspecified atom stereocenters. The maximum absolute atomic E-state index is 14.6. The number of carbonyl (C=O) groups is 1. The lowest BCUT2D eigenvalue weighted by Gasteiger charge is -2.34. The van der Waals surface area contributed by atoms with Gasteiger partial charge in [0.2, 0.25) is 22.2 Å². The van der Waals surface area contributed by atoms with Crippen molar-refractivity contribution in [2.75, 3.05) is 49.3 Å². The van der Waals surface area contributed by atoms with E-state index in [4.69, 9.17) is 0 Å². The fourth-order valence-electron chi connectivity index (χ4n) is 5.56. The third kappa shape index (κ3) is 9.40. The highest BCUT2D eigenvalue weighted by molar-refractivity contribution is 7.98. The average Bonchev–Trinajstić information content (AvgIpc) is 3.78. The average molecular weight is 691 g/mol. The molecule has 2 aromatic heterocycles. The Kier molecular flexibility index (Phi) is 12.9. The number of H-pyrrole nitrogens is 2. The monoisotopic (exact) mass is 690 g/mol. The smallest absolute Gasteiger partial charge is 0.321 e. The molecule has 4 atom stereocenters. The summed E-state index contributed by atoms with van der Waals surface area (Å²) in [6.07, 6.45) is 9.79. The van der Waals surface area contributed by atoms with Crippen LogP contribution < -0.4 is 10.6 Å². The number of carbonyl (C=O) groups excluding carboxylic acids is 1. The first-order chi connectivity index (χ1) is 23.5. The molecule has 13 nitrogen and oxygen atoms in total. The number of benzene rings is 2. The van der Waals surface area contributed by atoms with E-state index in [1.54, 1.807) is 9.80 Å². The Morgan fingerprint density at radius 3 is 1.50 bits per heavy atom. The van der Waals surface area contributed by atoms with Crippen molar-refractivity contribution in [2.45, 2.75) is 47.4 Å². The second kappa shape index (κ2) is 17.7. The summed E-state index contributed by atoms with van der Waals surface area (Å²) in [5.41, 5.74) is 1.92. The van der Waals surface area contributed by atoms with E-state index in [2.05, 4.69) is 41.0 Å². The Hall–Kier alpha value is -4.31. The standard InChI is InChI=1S/C33H42N10O3S2/c1-47-31-36-29(38-40-31)34-17-9-11-19-42-25(21-23-13-5-3-6-14-23)27(44)28(45)26(22-24-15-7-4-8-16-24)43(33(42)46)20-12-10-18-35-30-37-32(48-2)41-39-30/h3-16,25-28,44-45H,17-22H2,1-2H3,(H2,34,36,38,40)(H2,35,37,39,41)/b11-9+,12-10+/t25-,26-,27+,28+/m1/s1. The number of aromatic nitrogens is 6. The molecule has 0 radical (unpaired) electrons. The molecule has 4 aromatic rings. The maximum Gasteiger partial charge on any atom is 0.321 e. The number of aliphatic hydroxyl groups is 2. The highest BCUT2D eigenvalue weighted by Gasteiger charge is 2.45.